The SMILES string of the molecule is CC.CC.CC(=O)OC1CCOC1.CC(C)C.CCC1CCC1.CNC(=O)NC(C(=O)N1CCCC1C(=O)NC(C)C(=O)C(N)=O)C(C)(C)C. The number of nitrogens with zero attached hydrogens (tertiary/aromatic N) is 1. The van der Waals surface area contributed by atoms with Crippen LogP contribution in [0.2, 0.25) is 0 Å². The highest BCUT2D eigenvalue weighted by Crippen LogP contribution is 2.28. The smallest absolute Gasteiger partial charge is 0.315 e. The van der Waals surface area contributed by atoms with E-state index in [0.29, 0.717) is 26.0 Å². The van der Waals surface area contributed by atoms with Crippen LogP contribution in [0.5, 0.6) is 0 Å². The molecule has 3 aliphatic rings. The highest BCUT2D eigenvalue weighted by atomic mass is 16.6. The second-order valence-corrected chi connectivity index (χ2v) is 13.7. The molecule has 0 aromatic rings. The van der Waals surface area contributed by atoms with Crippen molar-refractivity contribution < 1.29 is 38.2 Å². The van der Waals surface area contributed by atoms with Crippen LogP contribution >= 0.6 is 0 Å². The lowest BCUT2D eigenvalue weighted by atomic mass is 9.84. The molecule has 4 atom stereocenters. The first-order valence-corrected chi connectivity index (χ1v) is 18.5. The Kier molecular flexibility index (Phi) is 29.1. The molecular formula is C37H73N5O8. The molecule has 4 unspecified atom stereocenters. The molecule has 0 spiro atoms. The van der Waals surface area contributed by atoms with Crippen LogP contribution in [0.15, 0.2) is 0 Å². The second-order valence-electron chi connectivity index (χ2n) is 13.7. The van der Waals surface area contributed by atoms with E-state index >= 15 is 0 Å². The summed E-state index contributed by atoms with van der Waals surface area (Å²) in [5.74, 6) is -1.22. The van der Waals surface area contributed by atoms with Gasteiger partial charge in [-0.3, -0.25) is 24.0 Å². The monoisotopic (exact) mass is 716 g/mol. The number of amides is 5. The summed E-state index contributed by atoms with van der Waals surface area (Å²) in [5.41, 5.74) is 4.36. The summed E-state index contributed by atoms with van der Waals surface area (Å²) in [6.07, 6.45) is 7.83. The molecule has 13 heteroatoms. The number of hydrogen-bond acceptors (Lipinski definition) is 8. The van der Waals surface area contributed by atoms with Crippen molar-refractivity contribution in [2.75, 3.05) is 26.8 Å². The molecule has 2 aliphatic heterocycles. The van der Waals surface area contributed by atoms with Gasteiger partial charge in [0.1, 0.15) is 18.2 Å². The van der Waals surface area contributed by atoms with Gasteiger partial charge in [0.25, 0.3) is 5.91 Å². The average molecular weight is 716 g/mol. The van der Waals surface area contributed by atoms with E-state index in [1.165, 1.54) is 51.5 Å². The lowest BCUT2D eigenvalue weighted by Gasteiger charge is -2.35. The lowest BCUT2D eigenvalue weighted by molar-refractivity contribution is -0.146. The molecule has 5 N–H and O–H groups in total. The number of carbonyl (C=O) groups excluding carboxylic acids is 6. The number of Topliss-reactive ketones (excluding diaryl/α,β-unsaturated/α-hetero) is 1. The fourth-order valence-corrected chi connectivity index (χ4v) is 4.65. The number of rotatable bonds is 8. The standard InChI is InChI=1S/C17H29N5O5.C6H10O3.C6H12.C4H10.2C2H6/c1-9(11(23)13(18)24)20-14(25)10-7-6-8-22(10)15(26)12(17(2,3)4)21-16(27)19-5;1-5(7)9-6-2-3-8-4-6;1-2-6-4-3-5-6;1-4(2)3;2*1-2/h9-10,12H,6-8H2,1-5H3,(H2,18,24)(H,20,25)(H2,19,21,27);6H,2-4H2,1H3;6H,2-5H2,1H3;4H,1-3H3;2*1-2H3. The molecule has 2 heterocycles. The van der Waals surface area contributed by atoms with E-state index in [1.54, 1.807) is 0 Å². The lowest BCUT2D eigenvalue weighted by Crippen LogP contribution is -2.59. The van der Waals surface area contributed by atoms with Crippen LogP contribution in [-0.4, -0.2) is 91.4 Å². The number of ketones is 1. The number of ether oxygens (including phenoxy) is 2. The van der Waals surface area contributed by atoms with Crippen molar-refractivity contribution >= 4 is 35.5 Å². The largest absolute Gasteiger partial charge is 0.460 e. The maximum atomic E-state index is 13.0. The van der Waals surface area contributed by atoms with E-state index in [9.17, 15) is 28.8 Å². The molecule has 3 rings (SSSR count). The fourth-order valence-electron chi connectivity index (χ4n) is 4.65. The molecule has 5 amide bonds. The van der Waals surface area contributed by atoms with Crippen molar-refractivity contribution in [1.82, 2.24) is 20.9 Å². The third kappa shape index (κ3) is 22.5. The Labute approximate surface area is 303 Å². The van der Waals surface area contributed by atoms with Crippen molar-refractivity contribution in [2.45, 2.75) is 159 Å². The number of nitrogens with two attached hydrogens (primary N) is 1. The highest BCUT2D eigenvalue weighted by molar-refractivity contribution is 6.37. The van der Waals surface area contributed by atoms with Crippen LogP contribution in [0.4, 0.5) is 4.79 Å². The van der Waals surface area contributed by atoms with Crippen LogP contribution in [0.1, 0.15) is 135 Å². The maximum Gasteiger partial charge on any atom is 0.315 e. The third-order valence-corrected chi connectivity index (χ3v) is 7.47. The molecule has 0 aromatic carbocycles. The van der Waals surface area contributed by atoms with Crippen LogP contribution in [-0.2, 0) is 33.4 Å². The molecule has 0 radical (unpaired) electrons. The number of nitrogens with one attached hydrogen (secondary N) is 3. The number of likely N-dealkylation sites (tertiary alicyclic amines) is 1. The molecule has 294 valence electrons. The Hall–Kier alpha value is -3.22. The first-order chi connectivity index (χ1) is 23.3. The van der Waals surface area contributed by atoms with E-state index in [4.69, 9.17) is 15.2 Å². The van der Waals surface area contributed by atoms with Crippen LogP contribution in [0.3, 0.4) is 0 Å². The van der Waals surface area contributed by atoms with Gasteiger partial charge in [-0.15, -0.1) is 0 Å². The average Bonchev–Trinajstić information content (AvgIpc) is 3.73. The minimum Gasteiger partial charge on any atom is -0.460 e. The quantitative estimate of drug-likeness (QED) is 0.197. The number of esters is 1. The van der Waals surface area contributed by atoms with Gasteiger partial charge in [0.05, 0.1) is 19.3 Å². The predicted molar refractivity (Wildman–Crippen MR) is 199 cm³/mol. The fraction of sp³-hybridized carbons (Fsp3) is 0.838. The zero-order valence-corrected chi connectivity index (χ0v) is 33.8. The van der Waals surface area contributed by atoms with E-state index in [0.717, 1.165) is 24.9 Å². The Morgan fingerprint density at radius 3 is 1.78 bits per heavy atom. The Bertz CT molecular complexity index is 983. The Morgan fingerprint density at radius 2 is 1.44 bits per heavy atom. The molecular weight excluding hydrogens is 642 g/mol. The summed E-state index contributed by atoms with van der Waals surface area (Å²) in [6, 6.07) is -3.19. The van der Waals surface area contributed by atoms with E-state index in [1.807, 2.05) is 48.5 Å². The van der Waals surface area contributed by atoms with Gasteiger partial charge < -0.3 is 36.1 Å². The van der Waals surface area contributed by atoms with Crippen LogP contribution in [0.25, 0.3) is 0 Å². The van der Waals surface area contributed by atoms with Gasteiger partial charge in [-0.2, -0.15) is 0 Å². The van der Waals surface area contributed by atoms with Crippen molar-refractivity contribution in [3.63, 3.8) is 0 Å². The summed E-state index contributed by atoms with van der Waals surface area (Å²) in [6.45, 7) is 26.6. The van der Waals surface area contributed by atoms with Crippen molar-refractivity contribution in [2.24, 2.45) is 23.0 Å². The highest BCUT2D eigenvalue weighted by Gasteiger charge is 2.42. The number of primary amides is 1. The van der Waals surface area contributed by atoms with Gasteiger partial charge in [-0.1, -0.05) is 102 Å². The Balaban J connectivity index is -0.000000769. The van der Waals surface area contributed by atoms with Gasteiger partial charge in [0, 0.05) is 26.9 Å². The van der Waals surface area contributed by atoms with Crippen LogP contribution in [0, 0.1) is 17.3 Å². The van der Waals surface area contributed by atoms with Crippen molar-refractivity contribution in [3.05, 3.63) is 0 Å². The minimum absolute atomic E-state index is 0.0162. The zero-order chi connectivity index (χ0) is 39.6. The zero-order valence-electron chi connectivity index (χ0n) is 33.8. The molecule has 0 aromatic heterocycles. The van der Waals surface area contributed by atoms with Crippen molar-refractivity contribution in [3.8, 4) is 0 Å². The number of urea groups is 1. The summed E-state index contributed by atoms with van der Waals surface area (Å²) >= 11 is 0. The summed E-state index contributed by atoms with van der Waals surface area (Å²) in [5, 5.41) is 7.48. The van der Waals surface area contributed by atoms with Crippen molar-refractivity contribution in [1.29, 1.82) is 0 Å². The van der Waals surface area contributed by atoms with Gasteiger partial charge in [-0.05, 0) is 37.0 Å². The van der Waals surface area contributed by atoms with E-state index < -0.39 is 47.2 Å². The van der Waals surface area contributed by atoms with E-state index in [-0.39, 0.29) is 18.0 Å². The molecule has 13 nitrogen and oxygen atoms in total. The number of hydrogen-bond donors (Lipinski definition) is 4. The Morgan fingerprint density at radius 1 is 0.900 bits per heavy atom. The normalized spacial score (nSPS) is 18.7. The van der Waals surface area contributed by atoms with Gasteiger partial charge in [0.2, 0.25) is 17.6 Å². The first-order valence-electron chi connectivity index (χ1n) is 18.5. The van der Waals surface area contributed by atoms with Gasteiger partial charge in [0.15, 0.2) is 0 Å². The maximum absolute atomic E-state index is 13.0. The summed E-state index contributed by atoms with van der Waals surface area (Å²) < 4.78 is 9.83. The molecule has 0 bridgehead atoms. The topological polar surface area (TPSA) is 186 Å². The molecule has 3 fully saturated rings. The molecule has 2 saturated heterocycles. The van der Waals surface area contributed by atoms with Crippen LogP contribution < -0.4 is 21.7 Å². The first kappa shape index (κ1) is 51.2. The molecule has 1 aliphatic carbocycles. The second kappa shape index (κ2) is 28.5. The summed E-state index contributed by atoms with van der Waals surface area (Å²) in [4.78, 5) is 71.6. The van der Waals surface area contributed by atoms with Gasteiger partial charge in [-0.25, -0.2) is 4.79 Å². The summed E-state index contributed by atoms with van der Waals surface area (Å²) in [7, 11) is 1.45. The third-order valence-electron chi connectivity index (χ3n) is 7.47. The number of carbonyl (C=O) groups is 6. The molecule has 1 saturated carbocycles. The van der Waals surface area contributed by atoms with Gasteiger partial charge >= 0.3 is 12.0 Å². The molecule has 50 heavy (non-hydrogen) atoms. The predicted octanol–water partition coefficient (Wildman–Crippen LogP) is 5.13. The van der Waals surface area contributed by atoms with E-state index in [2.05, 4.69) is 43.6 Å². The minimum atomic E-state index is -1.13.